The normalized spacial score (nSPS) is 23.2. The van der Waals surface area contributed by atoms with E-state index in [2.05, 4.69) is 104 Å². The lowest BCUT2D eigenvalue weighted by Crippen LogP contribution is -2.65. The molecule has 2 aliphatic heterocycles. The summed E-state index contributed by atoms with van der Waals surface area (Å²) in [6.45, 7) is 2.71. The molecule has 14 heteroatoms. The number of carbonyl (C=O) groups is 1. The second-order valence-electron chi connectivity index (χ2n) is 26.0. The van der Waals surface area contributed by atoms with Crippen molar-refractivity contribution in [3.63, 3.8) is 0 Å². The number of hydrogen-bond donors (Lipinski definition) is 9. The molecule has 12 unspecified atom stereocenters. The van der Waals surface area contributed by atoms with Gasteiger partial charge in [0.05, 0.1) is 32.0 Å². The minimum atomic E-state index is -1.79. The molecule has 0 radical (unpaired) electrons. The Kier molecular flexibility index (Phi) is 56.8. The third kappa shape index (κ3) is 44.6. The topological polar surface area (TPSA) is 228 Å². The van der Waals surface area contributed by atoms with Gasteiger partial charge < -0.3 is 65.1 Å². The van der Waals surface area contributed by atoms with E-state index in [1.54, 1.807) is 6.08 Å². The molecule has 2 aliphatic rings. The van der Waals surface area contributed by atoms with E-state index >= 15 is 0 Å². The predicted molar refractivity (Wildman–Crippen MR) is 378 cm³/mol. The number of allylic oxidation sites excluding steroid dienone is 15. The minimum Gasteiger partial charge on any atom is -0.394 e. The molecule has 0 saturated carbocycles. The van der Waals surface area contributed by atoms with E-state index in [0.29, 0.717) is 6.42 Å². The van der Waals surface area contributed by atoms with Gasteiger partial charge in [0.25, 0.3) is 0 Å². The van der Waals surface area contributed by atoms with E-state index in [-0.39, 0.29) is 18.9 Å². The van der Waals surface area contributed by atoms with Gasteiger partial charge in [-0.25, -0.2) is 0 Å². The molecule has 0 aliphatic carbocycles. The molecule has 532 valence electrons. The molecule has 2 rings (SSSR count). The van der Waals surface area contributed by atoms with E-state index in [9.17, 15) is 45.6 Å². The Bertz CT molecular complexity index is 1920. The van der Waals surface area contributed by atoms with E-state index < -0.39 is 86.8 Å². The summed E-state index contributed by atoms with van der Waals surface area (Å²) in [5.41, 5.74) is 0. The van der Waals surface area contributed by atoms with Gasteiger partial charge in [-0.1, -0.05) is 310 Å². The van der Waals surface area contributed by atoms with Gasteiger partial charge in [0.1, 0.15) is 48.8 Å². The third-order valence-electron chi connectivity index (χ3n) is 17.8. The quantitative estimate of drug-likeness (QED) is 0.0204. The number of rotatable bonds is 61. The Morgan fingerprint density at radius 3 is 1.15 bits per heavy atom. The molecule has 9 N–H and O–H groups in total. The first-order chi connectivity index (χ1) is 45.1. The standard InChI is InChI=1S/C78H137NO13/c1-3-5-7-9-11-13-15-17-19-21-23-25-27-29-30-31-32-33-34-35-36-38-40-42-44-46-48-50-52-54-56-58-60-62-70(83)79-66(65-89-77-75(88)73(86)76(69(64-81)91-77)92-78-74(87)72(85)71(84)68(63-80)90-78)67(82)61-59-57-55-53-51-49-47-45-43-41-39-37-28-26-24-22-20-18-16-14-12-10-8-6-4-2/h5,7,11,13,17,19,23,25,29-30,32-33,35-36,59,61,66-69,71-78,80-82,84-88H,3-4,6,8-10,12,14-16,18,20-22,24,26-28,31,34,37-58,60,62-65H2,1-2H3,(H,79,83)/b7-5-,13-11-,19-17-,25-23-,30-29-,33-32-,36-35-,61-59+. The van der Waals surface area contributed by atoms with Crippen LogP contribution in [0.2, 0.25) is 0 Å². The van der Waals surface area contributed by atoms with Crippen LogP contribution < -0.4 is 5.32 Å². The molecule has 0 aromatic rings. The Labute approximate surface area is 560 Å². The van der Waals surface area contributed by atoms with Crippen LogP contribution in [0.15, 0.2) is 97.2 Å². The van der Waals surface area contributed by atoms with Crippen molar-refractivity contribution in [1.29, 1.82) is 0 Å². The molecule has 0 bridgehead atoms. The van der Waals surface area contributed by atoms with Crippen molar-refractivity contribution in [1.82, 2.24) is 5.32 Å². The van der Waals surface area contributed by atoms with Gasteiger partial charge in [-0.2, -0.15) is 0 Å². The molecule has 0 spiro atoms. The lowest BCUT2D eigenvalue weighted by atomic mass is 9.97. The minimum absolute atomic E-state index is 0.243. The fourth-order valence-corrected chi connectivity index (χ4v) is 11.9. The molecule has 2 heterocycles. The van der Waals surface area contributed by atoms with Crippen LogP contribution in [0.4, 0.5) is 0 Å². The van der Waals surface area contributed by atoms with Gasteiger partial charge in [-0.15, -0.1) is 0 Å². The summed E-state index contributed by atoms with van der Waals surface area (Å²) < 4.78 is 22.9. The van der Waals surface area contributed by atoms with Crippen LogP contribution in [0.1, 0.15) is 296 Å². The fourth-order valence-electron chi connectivity index (χ4n) is 11.9. The van der Waals surface area contributed by atoms with Gasteiger partial charge in [0, 0.05) is 6.42 Å². The molecule has 14 nitrogen and oxygen atoms in total. The van der Waals surface area contributed by atoms with Crippen LogP contribution in [0.25, 0.3) is 0 Å². The zero-order valence-electron chi connectivity index (χ0n) is 58.0. The number of hydrogen-bond acceptors (Lipinski definition) is 13. The maximum atomic E-state index is 13.4. The van der Waals surface area contributed by atoms with Crippen molar-refractivity contribution in [2.24, 2.45) is 0 Å². The van der Waals surface area contributed by atoms with Crippen LogP contribution >= 0.6 is 0 Å². The highest BCUT2D eigenvalue weighted by molar-refractivity contribution is 5.76. The number of unbranched alkanes of at least 4 members (excludes halogenated alkanes) is 34. The first kappa shape index (κ1) is 85.0. The molecule has 2 saturated heterocycles. The number of aliphatic hydroxyl groups excluding tert-OH is 8. The largest absolute Gasteiger partial charge is 0.394 e. The van der Waals surface area contributed by atoms with Gasteiger partial charge in [-0.3, -0.25) is 4.79 Å². The van der Waals surface area contributed by atoms with Crippen molar-refractivity contribution >= 4 is 5.91 Å². The van der Waals surface area contributed by atoms with Gasteiger partial charge in [-0.05, 0) is 77.0 Å². The van der Waals surface area contributed by atoms with Crippen LogP contribution in [0, 0.1) is 0 Å². The van der Waals surface area contributed by atoms with Crippen LogP contribution in [-0.4, -0.2) is 140 Å². The molecule has 12 atom stereocenters. The van der Waals surface area contributed by atoms with Gasteiger partial charge >= 0.3 is 0 Å². The highest BCUT2D eigenvalue weighted by Gasteiger charge is 2.51. The molecule has 1 amide bonds. The summed E-state index contributed by atoms with van der Waals surface area (Å²) in [7, 11) is 0. The summed E-state index contributed by atoms with van der Waals surface area (Å²) in [6, 6.07) is -0.924. The third-order valence-corrected chi connectivity index (χ3v) is 17.8. The summed E-state index contributed by atoms with van der Waals surface area (Å²) in [5.74, 6) is -0.243. The molecule has 2 fully saturated rings. The van der Waals surface area contributed by atoms with Crippen molar-refractivity contribution < 1.29 is 64.6 Å². The number of aliphatic hydroxyl groups is 8. The monoisotopic (exact) mass is 1300 g/mol. The Hall–Kier alpha value is -3.09. The molecule has 0 aromatic heterocycles. The van der Waals surface area contributed by atoms with Gasteiger partial charge in [0.15, 0.2) is 12.6 Å². The Morgan fingerprint density at radius 1 is 0.402 bits per heavy atom. The molecule has 0 aromatic carbocycles. The second kappa shape index (κ2) is 61.5. The number of amides is 1. The smallest absolute Gasteiger partial charge is 0.220 e. The summed E-state index contributed by atoms with van der Waals surface area (Å²) in [6.07, 6.45) is 70.3. The molecular formula is C78H137NO13. The maximum Gasteiger partial charge on any atom is 0.220 e. The van der Waals surface area contributed by atoms with Crippen molar-refractivity contribution in [3.8, 4) is 0 Å². The van der Waals surface area contributed by atoms with E-state index in [0.717, 1.165) is 89.9 Å². The van der Waals surface area contributed by atoms with E-state index in [1.165, 1.54) is 180 Å². The zero-order chi connectivity index (χ0) is 66.6. The number of ether oxygens (including phenoxy) is 4. The Morgan fingerprint density at radius 2 is 0.750 bits per heavy atom. The van der Waals surface area contributed by atoms with Crippen molar-refractivity contribution in [3.05, 3.63) is 97.2 Å². The Balaban J connectivity index is 1.66. The number of nitrogens with one attached hydrogen (secondary N) is 1. The second-order valence-corrected chi connectivity index (χ2v) is 26.0. The van der Waals surface area contributed by atoms with Crippen LogP contribution in [0.3, 0.4) is 0 Å². The van der Waals surface area contributed by atoms with Crippen LogP contribution in [0.5, 0.6) is 0 Å². The first-order valence-electron chi connectivity index (χ1n) is 37.5. The number of carbonyl (C=O) groups excluding carboxylic acids is 1. The fraction of sp³-hybridized carbons (Fsp3) is 0.782. The summed E-state index contributed by atoms with van der Waals surface area (Å²) in [4.78, 5) is 13.4. The van der Waals surface area contributed by atoms with Crippen molar-refractivity contribution in [2.45, 2.75) is 370 Å². The van der Waals surface area contributed by atoms with E-state index in [4.69, 9.17) is 18.9 Å². The van der Waals surface area contributed by atoms with Crippen LogP contribution in [-0.2, 0) is 23.7 Å². The first-order valence-corrected chi connectivity index (χ1v) is 37.5. The maximum absolute atomic E-state index is 13.4. The summed E-state index contributed by atoms with van der Waals surface area (Å²) >= 11 is 0. The average Bonchev–Trinajstić information content (AvgIpc) is 0.829. The highest BCUT2D eigenvalue weighted by Crippen LogP contribution is 2.30. The molecule has 92 heavy (non-hydrogen) atoms. The van der Waals surface area contributed by atoms with Crippen molar-refractivity contribution in [2.75, 3.05) is 19.8 Å². The molecular weight excluding hydrogens is 1160 g/mol. The zero-order valence-corrected chi connectivity index (χ0v) is 58.0. The van der Waals surface area contributed by atoms with E-state index in [1.807, 2.05) is 6.08 Å². The average molecular weight is 1300 g/mol. The lowest BCUT2D eigenvalue weighted by Gasteiger charge is -2.46. The lowest BCUT2D eigenvalue weighted by molar-refractivity contribution is -0.359. The predicted octanol–water partition coefficient (Wildman–Crippen LogP) is 16.1. The SMILES string of the molecule is CC/C=C\C/C=C\C/C=C\C/C=C\C/C=C\C/C=C\C/C=C\CCCCCCCCCCCCCC(=O)NC(COC1OC(CO)C(OC2OC(CO)C(O)C(O)C2O)C(O)C1O)C(O)/C=C/CCCCCCCCCCCCCCCCCCCCCCCCC. The summed E-state index contributed by atoms with van der Waals surface area (Å²) in [5, 5.41) is 87.6. The van der Waals surface area contributed by atoms with Gasteiger partial charge in [0.2, 0.25) is 5.91 Å². The highest BCUT2D eigenvalue weighted by atomic mass is 16.7.